The van der Waals surface area contributed by atoms with Crippen LogP contribution in [0.15, 0.2) is 110 Å². The maximum Gasteiger partial charge on any atom is 0.302 e. The molecule has 3 saturated heterocycles. The summed E-state index contributed by atoms with van der Waals surface area (Å²) in [5.41, 5.74) is 11.1. The standard InChI is InChI=1S/C37H42N8O6.C17H20ClN5O3.C12H17N3O2.C5H4BrClN2O.6H2S/c1-21-18-50-19-22(2)45(21)34(47)24-7-8-32(39-17-24)40-29-14-28(41-42(6)35(29)48)26-9-10-38-33(27(26)20-51-23(3)46)44-12-11-43-30(36(44)49)13-25-15-37(4,5)16-31(25)43;1-10-8-26-9-11(2)23(10)16(24)12-4-5-15(19-7-12)20-13-6-14(18)21-22(3)17(13)25;1-8-6-17-7-9(2)15(8)12(16)10-3-4-11(13)14-5-10;1-9-5(10)3(6)2-4(7)8-9;;;;;;/h7-10,13-14,17,21-22H,11-12,15-16,18-20H2,1-6H3,(H,39,40);4-7,10-11H,8-9H2,1-3H3,(H,19,20);3-5,8-9H,6-7H2,1-2H3,(H2,13,14);2H,1H3;6*1H2/t21-,22-;10-,11-;8-,9-;;;;;;;/m000......./s1. The highest BCUT2D eigenvalue weighted by Gasteiger charge is 2.39. The number of aryl methyl sites for hydroxylation is 3. The number of fused-ring (bicyclic) bond motifs is 3. The normalized spacial score (nSPS) is 18.5. The molecule has 0 aromatic carbocycles. The molecule has 1 aliphatic carbocycles. The number of amides is 4. The van der Waals surface area contributed by atoms with E-state index in [4.69, 9.17) is 47.9 Å². The molecule has 0 bridgehead atoms. The monoisotopic (exact) mass is 1730 g/mol. The Labute approximate surface area is 697 Å². The van der Waals surface area contributed by atoms with Gasteiger partial charge in [0.15, 0.2) is 10.3 Å². The fourth-order valence-corrected chi connectivity index (χ4v) is 14.1. The molecular formula is C71H95BrCl2N18O12S6. The molecule has 3 fully saturated rings. The molecule has 598 valence electrons. The lowest BCUT2D eigenvalue weighted by Crippen LogP contribution is -2.52. The van der Waals surface area contributed by atoms with Gasteiger partial charge in [0.2, 0.25) is 0 Å². The minimum absolute atomic E-state index is 0. The lowest BCUT2D eigenvalue weighted by atomic mass is 9.90. The number of nitrogens with zero attached hydrogens (tertiary/aromatic N) is 15. The Morgan fingerprint density at radius 3 is 1.45 bits per heavy atom. The van der Waals surface area contributed by atoms with Gasteiger partial charge in [-0.1, -0.05) is 37.0 Å². The first kappa shape index (κ1) is 94.7. The van der Waals surface area contributed by atoms with E-state index in [-0.39, 0.29) is 181 Å². The largest absolute Gasteiger partial charge is 0.461 e. The van der Waals surface area contributed by atoms with Gasteiger partial charge in [0.25, 0.3) is 40.3 Å². The summed E-state index contributed by atoms with van der Waals surface area (Å²) in [5.74, 6) is 0.670. The summed E-state index contributed by atoms with van der Waals surface area (Å²) in [6.07, 6.45) is 7.92. The summed E-state index contributed by atoms with van der Waals surface area (Å²) in [7, 11) is 4.59. The zero-order valence-electron chi connectivity index (χ0n) is 62.7. The van der Waals surface area contributed by atoms with Crippen LogP contribution >= 0.6 is 120 Å². The predicted molar refractivity (Wildman–Crippen MR) is 456 cm³/mol. The van der Waals surface area contributed by atoms with E-state index in [0.717, 1.165) is 17.5 Å². The van der Waals surface area contributed by atoms with E-state index in [0.29, 0.717) is 125 Å². The summed E-state index contributed by atoms with van der Waals surface area (Å²) >= 11 is 14.4. The van der Waals surface area contributed by atoms with Crippen molar-refractivity contribution in [3.05, 3.63) is 177 Å². The van der Waals surface area contributed by atoms with Crippen LogP contribution in [0, 0.1) is 5.41 Å². The van der Waals surface area contributed by atoms with Crippen LogP contribution in [0.3, 0.4) is 0 Å². The molecule has 0 spiro atoms. The molecule has 39 heteroatoms. The van der Waals surface area contributed by atoms with Crippen molar-refractivity contribution >= 4 is 184 Å². The Balaban J connectivity index is 0.000000360. The quantitative estimate of drug-likeness (QED) is 0.102. The van der Waals surface area contributed by atoms with E-state index < -0.39 is 11.5 Å². The maximum atomic E-state index is 14.0. The maximum absolute atomic E-state index is 14.0. The number of carbonyl (C=O) groups is 5. The number of nitrogen functional groups attached to an aromatic ring is 1. The Kier molecular flexibility index (Phi) is 35.5. The second-order valence-corrected chi connectivity index (χ2v) is 28.6. The van der Waals surface area contributed by atoms with Crippen LogP contribution in [0.2, 0.25) is 10.3 Å². The Hall–Kier alpha value is -7.69. The number of pyridine rings is 4. The second kappa shape index (κ2) is 41.2. The third kappa shape index (κ3) is 22.4. The van der Waals surface area contributed by atoms with Gasteiger partial charge in [0, 0.05) is 88.8 Å². The third-order valence-electron chi connectivity index (χ3n) is 18.0. The highest BCUT2D eigenvalue weighted by molar-refractivity contribution is 9.10. The Morgan fingerprint density at radius 2 is 1.01 bits per heavy atom. The van der Waals surface area contributed by atoms with Crippen LogP contribution in [-0.4, -0.2) is 181 Å². The molecule has 8 aromatic rings. The molecule has 8 aromatic heterocycles. The first-order valence-corrected chi connectivity index (χ1v) is 35.2. The number of rotatable bonds is 11. The minimum Gasteiger partial charge on any atom is -0.461 e. The first-order valence-electron chi connectivity index (χ1n) is 33.6. The van der Waals surface area contributed by atoms with Crippen molar-refractivity contribution in [3.8, 4) is 11.3 Å². The summed E-state index contributed by atoms with van der Waals surface area (Å²) in [6.45, 7) is 21.6. The molecule has 110 heavy (non-hydrogen) atoms. The topological polar surface area (TPSA) is 346 Å². The molecule has 4 aliphatic heterocycles. The van der Waals surface area contributed by atoms with Gasteiger partial charge in [-0.2, -0.15) is 96.3 Å². The number of hydrogen-bond acceptors (Lipinski definition) is 22. The zero-order chi connectivity index (χ0) is 75.2. The van der Waals surface area contributed by atoms with Gasteiger partial charge in [-0.25, -0.2) is 34.0 Å². The van der Waals surface area contributed by atoms with Crippen molar-refractivity contribution in [1.29, 1.82) is 0 Å². The van der Waals surface area contributed by atoms with E-state index in [9.17, 15) is 38.4 Å². The molecule has 13 rings (SSSR count). The SMILES string of the molecule is CC(=O)OCc1c(-c2cc(Nc3ccc(C(=O)N4[C@@H](C)COC[C@@H]4C)cn3)c(=O)n(C)n2)ccnc1N1CCn2c(cc3c2CC(C)(C)C3)C1=O.C[C@H]1COC[C@H](C)N1C(=O)c1ccc(N)nc1.C[C@H]1COC[C@H](C)N1C(=O)c1ccc(Nc2cc(Cl)nn(C)c2=O)nc1.Cn1nc(Cl)cc(Br)c1=O.S.S.S.S.S.S. The average molecular weight is 1740 g/mol. The van der Waals surface area contributed by atoms with E-state index in [2.05, 4.69) is 80.2 Å². The molecule has 30 nitrogen and oxygen atoms in total. The second-order valence-electron chi connectivity index (χ2n) is 26.9. The third-order valence-corrected chi connectivity index (χ3v) is 18.9. The van der Waals surface area contributed by atoms with E-state index in [1.54, 1.807) is 71.6 Å². The smallest absolute Gasteiger partial charge is 0.302 e. The van der Waals surface area contributed by atoms with Crippen molar-refractivity contribution in [3.63, 3.8) is 0 Å². The molecule has 0 radical (unpaired) electrons. The lowest BCUT2D eigenvalue weighted by molar-refractivity contribution is -0.142. The van der Waals surface area contributed by atoms with Gasteiger partial charge in [0.05, 0.1) is 103 Å². The van der Waals surface area contributed by atoms with Gasteiger partial charge in [-0.15, -0.1) is 0 Å². The van der Waals surface area contributed by atoms with Crippen LogP contribution in [0.25, 0.3) is 11.3 Å². The van der Waals surface area contributed by atoms with E-state index >= 15 is 0 Å². The number of anilines is 6. The zero-order valence-corrected chi connectivity index (χ0v) is 71.8. The summed E-state index contributed by atoms with van der Waals surface area (Å²) in [6, 6.07) is 18.3. The van der Waals surface area contributed by atoms with E-state index in [1.807, 2.05) is 57.4 Å². The number of halogens is 3. The molecule has 5 aliphatic rings. The fourth-order valence-electron chi connectivity index (χ4n) is 13.1. The number of carbonyl (C=O) groups excluding carboxylic acids is 5. The van der Waals surface area contributed by atoms with Crippen LogP contribution in [0.5, 0.6) is 0 Å². The minimum atomic E-state index is -0.491. The van der Waals surface area contributed by atoms with Crippen molar-refractivity contribution in [1.82, 2.24) is 68.5 Å². The molecule has 12 heterocycles. The van der Waals surface area contributed by atoms with Crippen LogP contribution in [0.1, 0.15) is 121 Å². The van der Waals surface area contributed by atoms with Crippen LogP contribution < -0.4 is 37.9 Å². The molecular weight excluding hydrogens is 1640 g/mol. The molecule has 6 atom stereocenters. The molecule has 4 N–H and O–H groups in total. The number of ether oxygens (including phenoxy) is 4. The number of nitrogens with one attached hydrogen (secondary N) is 2. The Bertz CT molecular complexity index is 4690. The van der Waals surface area contributed by atoms with E-state index in [1.165, 1.54) is 72.4 Å². The number of morpholine rings is 3. The van der Waals surface area contributed by atoms with Crippen molar-refractivity contribution in [2.24, 2.45) is 26.6 Å². The van der Waals surface area contributed by atoms with Crippen molar-refractivity contribution in [2.75, 3.05) is 67.5 Å². The van der Waals surface area contributed by atoms with Gasteiger partial charge in [0.1, 0.15) is 46.9 Å². The number of nitrogens with two attached hydrogens (primary N) is 1. The van der Waals surface area contributed by atoms with Crippen LogP contribution in [0.4, 0.5) is 34.6 Å². The summed E-state index contributed by atoms with van der Waals surface area (Å²) in [5, 5.41) is 18.5. The van der Waals surface area contributed by atoms with Gasteiger partial charge < -0.3 is 54.6 Å². The summed E-state index contributed by atoms with van der Waals surface area (Å²) < 4.78 is 28.0. The first-order chi connectivity index (χ1) is 49.4. The van der Waals surface area contributed by atoms with Gasteiger partial charge >= 0.3 is 5.97 Å². The molecule has 0 unspecified atom stereocenters. The summed E-state index contributed by atoms with van der Waals surface area (Å²) in [4.78, 5) is 125. The number of hydrogen-bond donors (Lipinski definition) is 3. The molecule has 0 saturated carbocycles. The highest BCUT2D eigenvalue weighted by Crippen LogP contribution is 2.40. The molecule has 4 amide bonds. The highest BCUT2D eigenvalue weighted by atomic mass is 79.9. The number of aromatic nitrogens is 11. The Morgan fingerprint density at radius 1 is 0.573 bits per heavy atom. The van der Waals surface area contributed by atoms with Crippen molar-refractivity contribution in [2.45, 2.75) is 125 Å². The fraction of sp³-hybridized carbons (Fsp3) is 0.423. The van der Waals surface area contributed by atoms with Crippen molar-refractivity contribution < 1.29 is 42.9 Å². The average Bonchev–Trinajstić information content (AvgIpc) is 1.57. The lowest BCUT2D eigenvalue weighted by Gasteiger charge is -2.38. The predicted octanol–water partition coefficient (Wildman–Crippen LogP) is 8.49. The van der Waals surface area contributed by atoms with Crippen LogP contribution in [-0.2, 0) is 70.9 Å². The van der Waals surface area contributed by atoms with Gasteiger partial charge in [-0.05, 0) is 142 Å². The van der Waals surface area contributed by atoms with Gasteiger partial charge in [-0.3, -0.25) is 43.3 Å². The number of esters is 1.